The molecule has 7 unspecified atom stereocenters. The molecule has 10 nitrogen and oxygen atoms in total. The molecule has 0 aliphatic carbocycles. The predicted molar refractivity (Wildman–Crippen MR) is 108 cm³/mol. The number of esters is 3. The lowest BCUT2D eigenvalue weighted by Gasteiger charge is -2.29. The summed E-state index contributed by atoms with van der Waals surface area (Å²) in [4.78, 5) is 38.0. The van der Waals surface area contributed by atoms with Crippen LogP contribution >= 0.6 is 0 Å². The maximum atomic E-state index is 13.2. The van der Waals surface area contributed by atoms with Crippen molar-refractivity contribution >= 4 is 28.0 Å². The van der Waals surface area contributed by atoms with Crippen molar-refractivity contribution < 1.29 is 59.5 Å². The van der Waals surface area contributed by atoms with Crippen molar-refractivity contribution in [3.63, 3.8) is 0 Å². The van der Waals surface area contributed by atoms with Gasteiger partial charge >= 0.3 is 24.1 Å². The van der Waals surface area contributed by atoms with Gasteiger partial charge in [0.2, 0.25) is 6.10 Å². The van der Waals surface area contributed by atoms with Crippen LogP contribution in [0.5, 0.6) is 0 Å². The van der Waals surface area contributed by atoms with Gasteiger partial charge in [0.1, 0.15) is 29.8 Å². The van der Waals surface area contributed by atoms with E-state index in [1.807, 2.05) is 6.07 Å². The van der Waals surface area contributed by atoms with Crippen LogP contribution in [-0.4, -0.2) is 73.3 Å². The molecule has 0 amide bonds. The van der Waals surface area contributed by atoms with E-state index in [-0.39, 0.29) is 5.56 Å². The van der Waals surface area contributed by atoms with Gasteiger partial charge in [0.25, 0.3) is 10.1 Å². The lowest BCUT2D eigenvalue weighted by Crippen LogP contribution is -2.50. The van der Waals surface area contributed by atoms with Crippen LogP contribution in [0.15, 0.2) is 12.1 Å². The van der Waals surface area contributed by atoms with Crippen LogP contribution in [0.4, 0.5) is 13.2 Å². The Balaban J connectivity index is 1.58. The topological polar surface area (TPSA) is 142 Å². The van der Waals surface area contributed by atoms with Gasteiger partial charge in [0.05, 0.1) is 5.56 Å². The third-order valence-corrected chi connectivity index (χ3v) is 7.16. The van der Waals surface area contributed by atoms with Crippen LogP contribution in [0.25, 0.3) is 0 Å². The number of benzene rings is 1. The minimum absolute atomic E-state index is 0.218. The molecule has 3 aliphatic heterocycles. The molecule has 35 heavy (non-hydrogen) atoms. The highest BCUT2D eigenvalue weighted by atomic mass is 32.2. The van der Waals surface area contributed by atoms with Crippen molar-refractivity contribution in [1.82, 2.24) is 0 Å². The maximum absolute atomic E-state index is 13.2. The molecule has 0 saturated carbocycles. The average Bonchev–Trinajstić information content (AvgIpc) is 3.32. The number of hydrogen-bond acceptors (Lipinski definition) is 9. The molecule has 3 heterocycles. The maximum Gasteiger partial charge on any atom is 0.426 e. The van der Waals surface area contributed by atoms with E-state index in [0.717, 1.165) is 11.1 Å². The van der Waals surface area contributed by atoms with Crippen LogP contribution in [0.3, 0.4) is 0 Å². The quantitative estimate of drug-likeness (QED) is 0.331. The fourth-order valence-electron chi connectivity index (χ4n) is 4.78. The molecule has 0 radical (unpaired) electrons. The molecule has 3 fully saturated rings. The normalized spacial score (nSPS) is 30.2. The number of carbonyl (C=O) groups excluding carboxylic acids is 3. The summed E-state index contributed by atoms with van der Waals surface area (Å²) in [6.45, 7) is 5.25. The summed E-state index contributed by atoms with van der Waals surface area (Å²) in [6, 6.07) is 3.43. The van der Waals surface area contributed by atoms with E-state index in [1.165, 1.54) is 0 Å². The third kappa shape index (κ3) is 4.61. The number of halogens is 3. The summed E-state index contributed by atoms with van der Waals surface area (Å²) in [5, 5.41) is 0. The molecule has 14 heteroatoms. The third-order valence-electron chi connectivity index (χ3n) is 6.44. The zero-order valence-electron chi connectivity index (χ0n) is 18.6. The molecule has 3 saturated heterocycles. The second kappa shape index (κ2) is 8.45. The molecule has 3 aliphatic rings. The van der Waals surface area contributed by atoms with Crippen molar-refractivity contribution in [3.05, 3.63) is 34.4 Å². The van der Waals surface area contributed by atoms with Gasteiger partial charge < -0.3 is 18.9 Å². The monoisotopic (exact) mass is 522 g/mol. The summed E-state index contributed by atoms with van der Waals surface area (Å²) in [5.41, 5.74) is 2.43. The minimum atomic E-state index is -5.32. The minimum Gasteiger partial charge on any atom is -0.455 e. The summed E-state index contributed by atoms with van der Waals surface area (Å²) in [7, 11) is -5.17. The second-order valence-electron chi connectivity index (χ2n) is 8.86. The zero-order valence-corrected chi connectivity index (χ0v) is 19.4. The van der Waals surface area contributed by atoms with Gasteiger partial charge in [-0.3, -0.25) is 14.1 Å². The van der Waals surface area contributed by atoms with Gasteiger partial charge in [-0.1, -0.05) is 6.07 Å². The fraction of sp³-hybridized carbons (Fsp3) is 0.571. The molecule has 0 spiro atoms. The first-order chi connectivity index (χ1) is 16.1. The predicted octanol–water partition coefficient (Wildman–Crippen LogP) is 1.44. The van der Waals surface area contributed by atoms with Crippen LogP contribution in [0, 0.1) is 32.6 Å². The first-order valence-corrected chi connectivity index (χ1v) is 12.1. The first-order valence-electron chi connectivity index (χ1n) is 10.5. The van der Waals surface area contributed by atoms with Crippen LogP contribution in [-0.2, 0) is 38.7 Å². The summed E-state index contributed by atoms with van der Waals surface area (Å²) in [6.07, 6.45) is -13.3. The van der Waals surface area contributed by atoms with Crippen molar-refractivity contribution in [3.8, 4) is 0 Å². The number of alkyl halides is 3. The van der Waals surface area contributed by atoms with E-state index < -0.39 is 82.3 Å². The van der Waals surface area contributed by atoms with E-state index >= 15 is 0 Å². The van der Waals surface area contributed by atoms with E-state index in [4.69, 9.17) is 18.8 Å². The lowest BCUT2D eigenvalue weighted by atomic mass is 9.78. The summed E-state index contributed by atoms with van der Waals surface area (Å²) in [5.74, 6) is -8.21. The molecule has 192 valence electrons. The van der Waals surface area contributed by atoms with E-state index in [2.05, 4.69) is 4.74 Å². The number of aryl methyl sites for hydroxylation is 2. The Morgan fingerprint density at radius 3 is 2.40 bits per heavy atom. The Morgan fingerprint density at radius 2 is 1.80 bits per heavy atom. The van der Waals surface area contributed by atoms with Crippen molar-refractivity contribution in [2.45, 2.75) is 57.5 Å². The fourth-order valence-corrected chi connectivity index (χ4v) is 5.42. The number of fused-ring (bicyclic) bond motifs is 1. The lowest BCUT2D eigenvalue weighted by molar-refractivity contribution is -0.219. The van der Waals surface area contributed by atoms with Gasteiger partial charge in [0.15, 0.2) is 12.2 Å². The van der Waals surface area contributed by atoms with Gasteiger partial charge in [-0.2, -0.15) is 21.6 Å². The van der Waals surface area contributed by atoms with Crippen molar-refractivity contribution in [1.29, 1.82) is 0 Å². The van der Waals surface area contributed by atoms with Gasteiger partial charge in [0, 0.05) is 0 Å². The Bertz CT molecular complexity index is 1190. The van der Waals surface area contributed by atoms with Gasteiger partial charge in [-0.25, -0.2) is 4.79 Å². The molecule has 1 aromatic carbocycles. The Hall–Kier alpha value is -2.71. The highest BCUT2D eigenvalue weighted by molar-refractivity contribution is 7.85. The van der Waals surface area contributed by atoms with Gasteiger partial charge in [-0.15, -0.1) is 0 Å². The van der Waals surface area contributed by atoms with Crippen molar-refractivity contribution in [2.75, 3.05) is 5.75 Å². The smallest absolute Gasteiger partial charge is 0.426 e. The Labute approximate surface area is 197 Å². The first kappa shape index (κ1) is 25.4. The molecule has 2 bridgehead atoms. The van der Waals surface area contributed by atoms with E-state index in [1.54, 1.807) is 26.8 Å². The van der Waals surface area contributed by atoms with E-state index in [0.29, 0.717) is 5.56 Å². The van der Waals surface area contributed by atoms with Crippen molar-refractivity contribution in [2.24, 2.45) is 11.8 Å². The van der Waals surface area contributed by atoms with Crippen LogP contribution < -0.4 is 0 Å². The van der Waals surface area contributed by atoms with Gasteiger partial charge in [-0.05, 0) is 43.5 Å². The Morgan fingerprint density at radius 1 is 1.14 bits per heavy atom. The van der Waals surface area contributed by atoms with Crippen LogP contribution in [0.1, 0.15) is 27.0 Å². The average molecular weight is 522 g/mol. The number of carbonyl (C=O) groups is 3. The highest BCUT2D eigenvalue weighted by Crippen LogP contribution is 2.52. The molecule has 1 aromatic rings. The number of ether oxygens (including phenoxy) is 4. The standard InChI is InChI=1S/C21H21F3O10S/c1-7-4-8(2)9(3)10(5-7)18(25)33-16-14-12(13-15(32-14)17(16)34-20(13)27)19(26)31-11(21(22,23)24)6-35(28,29)30/h4-5,11-17H,6H2,1-3H3,(H,28,29,30). The molecular weight excluding hydrogens is 501 g/mol. The summed E-state index contributed by atoms with van der Waals surface area (Å²) < 4.78 is 91.2. The number of rotatable bonds is 6. The molecule has 4 rings (SSSR count). The summed E-state index contributed by atoms with van der Waals surface area (Å²) >= 11 is 0. The zero-order chi connectivity index (χ0) is 26.0. The molecule has 7 atom stereocenters. The second-order valence-corrected chi connectivity index (χ2v) is 10.4. The Kier molecular flexibility index (Phi) is 6.13. The SMILES string of the molecule is Cc1cc(C)c(C)c(C(=O)OC2C3OC(=O)C4C3OC2C4C(=O)OC(CS(=O)(=O)O)C(F)(F)F)c1. The largest absolute Gasteiger partial charge is 0.455 e. The van der Waals surface area contributed by atoms with Crippen LogP contribution in [0.2, 0.25) is 0 Å². The van der Waals surface area contributed by atoms with E-state index in [9.17, 15) is 36.0 Å². The highest BCUT2D eigenvalue weighted by Gasteiger charge is 2.72. The molecule has 0 aromatic heterocycles. The number of hydrogen-bond donors (Lipinski definition) is 1. The molecule has 1 N–H and O–H groups in total. The molecular formula is C21H21F3O10S.